The zero-order chi connectivity index (χ0) is 8.97. The highest BCUT2D eigenvalue weighted by Crippen LogP contribution is 2.21. The Labute approximate surface area is 72.5 Å². The average Bonchev–Trinajstić information content (AvgIpc) is 2.09. The predicted molar refractivity (Wildman–Crippen MR) is 50.2 cm³/mol. The van der Waals surface area contributed by atoms with Gasteiger partial charge in [-0.15, -0.1) is 0 Å². The highest BCUT2D eigenvalue weighted by Gasteiger charge is 1.98. The van der Waals surface area contributed by atoms with E-state index >= 15 is 0 Å². The van der Waals surface area contributed by atoms with Crippen LogP contribution in [0.15, 0.2) is 18.2 Å². The van der Waals surface area contributed by atoms with Gasteiger partial charge in [0.2, 0.25) is 0 Å². The lowest BCUT2D eigenvalue weighted by atomic mass is 10.2. The Bertz CT molecular complexity index is 261. The summed E-state index contributed by atoms with van der Waals surface area (Å²) in [7, 11) is 0. The molecule has 0 radical (unpaired) electrons. The third-order valence-electron chi connectivity index (χ3n) is 1.65. The molecule has 0 saturated carbocycles. The van der Waals surface area contributed by atoms with Crippen LogP contribution in [0.5, 0.6) is 5.75 Å². The second kappa shape index (κ2) is 3.97. The number of anilines is 1. The standard InChI is InChI=1S/C9H14N2O/c1-3-12-9-6-8(11-10)5-4-7(9)2/h4-6,11H,3,10H2,1-2H3. The molecular weight excluding hydrogens is 152 g/mol. The smallest absolute Gasteiger partial charge is 0.124 e. The molecule has 0 bridgehead atoms. The minimum Gasteiger partial charge on any atom is -0.494 e. The van der Waals surface area contributed by atoms with Crippen LogP contribution in [0.3, 0.4) is 0 Å². The monoisotopic (exact) mass is 166 g/mol. The number of ether oxygens (including phenoxy) is 1. The SMILES string of the molecule is CCOc1cc(NN)ccc1C. The van der Waals surface area contributed by atoms with Crippen molar-refractivity contribution in [3.8, 4) is 5.75 Å². The molecule has 0 atom stereocenters. The Kier molecular flexibility index (Phi) is 2.94. The lowest BCUT2D eigenvalue weighted by Gasteiger charge is -2.08. The first kappa shape index (κ1) is 8.87. The molecule has 0 saturated heterocycles. The topological polar surface area (TPSA) is 47.3 Å². The molecule has 0 fully saturated rings. The Morgan fingerprint density at radius 3 is 2.83 bits per heavy atom. The lowest BCUT2D eigenvalue weighted by molar-refractivity contribution is 0.338. The second-order valence-electron chi connectivity index (χ2n) is 2.56. The zero-order valence-corrected chi connectivity index (χ0v) is 7.42. The normalized spacial score (nSPS) is 9.58. The number of hydrogen-bond donors (Lipinski definition) is 2. The molecule has 1 rings (SSSR count). The van der Waals surface area contributed by atoms with Gasteiger partial charge in [0, 0.05) is 6.07 Å². The van der Waals surface area contributed by atoms with E-state index < -0.39 is 0 Å². The maximum absolute atomic E-state index is 5.38. The minimum absolute atomic E-state index is 0.675. The Morgan fingerprint density at radius 2 is 2.25 bits per heavy atom. The number of aryl methyl sites for hydroxylation is 1. The summed E-state index contributed by atoms with van der Waals surface area (Å²) < 4.78 is 5.38. The fourth-order valence-electron chi connectivity index (χ4n) is 1.00. The summed E-state index contributed by atoms with van der Waals surface area (Å²) in [4.78, 5) is 0. The van der Waals surface area contributed by atoms with Crippen molar-refractivity contribution in [3.63, 3.8) is 0 Å². The average molecular weight is 166 g/mol. The maximum Gasteiger partial charge on any atom is 0.124 e. The molecule has 0 aromatic heterocycles. The van der Waals surface area contributed by atoms with Gasteiger partial charge in [-0.2, -0.15) is 0 Å². The fourth-order valence-corrected chi connectivity index (χ4v) is 1.00. The van der Waals surface area contributed by atoms with E-state index in [1.807, 2.05) is 32.0 Å². The van der Waals surface area contributed by atoms with Crippen molar-refractivity contribution in [2.24, 2.45) is 5.84 Å². The first-order valence-corrected chi connectivity index (χ1v) is 3.98. The predicted octanol–water partition coefficient (Wildman–Crippen LogP) is 1.68. The largest absolute Gasteiger partial charge is 0.494 e. The quantitative estimate of drug-likeness (QED) is 0.530. The molecular formula is C9H14N2O. The van der Waals surface area contributed by atoms with Gasteiger partial charge >= 0.3 is 0 Å². The van der Waals surface area contributed by atoms with E-state index in [2.05, 4.69) is 5.43 Å². The molecule has 3 heteroatoms. The molecule has 66 valence electrons. The highest BCUT2D eigenvalue weighted by atomic mass is 16.5. The van der Waals surface area contributed by atoms with Gasteiger partial charge in [-0.1, -0.05) is 6.07 Å². The van der Waals surface area contributed by atoms with Crippen LogP contribution in [0.2, 0.25) is 0 Å². The van der Waals surface area contributed by atoms with Gasteiger partial charge in [-0.05, 0) is 25.5 Å². The van der Waals surface area contributed by atoms with E-state index in [9.17, 15) is 0 Å². The van der Waals surface area contributed by atoms with Gasteiger partial charge in [0.05, 0.1) is 12.3 Å². The number of nitrogens with two attached hydrogens (primary N) is 1. The van der Waals surface area contributed by atoms with Crippen LogP contribution in [0.25, 0.3) is 0 Å². The minimum atomic E-state index is 0.675. The van der Waals surface area contributed by atoms with Crippen molar-refractivity contribution >= 4 is 5.69 Å². The number of hydrogen-bond acceptors (Lipinski definition) is 3. The van der Waals surface area contributed by atoms with Crippen molar-refractivity contribution < 1.29 is 4.74 Å². The number of benzene rings is 1. The first-order chi connectivity index (χ1) is 5.77. The lowest BCUT2D eigenvalue weighted by Crippen LogP contribution is -2.07. The molecule has 1 aromatic carbocycles. The number of nitrogen functional groups attached to an aromatic ring is 1. The van der Waals surface area contributed by atoms with E-state index in [4.69, 9.17) is 10.6 Å². The van der Waals surface area contributed by atoms with Crippen molar-refractivity contribution in [3.05, 3.63) is 23.8 Å². The molecule has 0 unspecified atom stereocenters. The van der Waals surface area contributed by atoms with E-state index in [-0.39, 0.29) is 0 Å². The molecule has 0 aliphatic heterocycles. The maximum atomic E-state index is 5.38. The van der Waals surface area contributed by atoms with Crippen LogP contribution in [0, 0.1) is 6.92 Å². The summed E-state index contributed by atoms with van der Waals surface area (Å²) in [5.41, 5.74) is 4.56. The molecule has 0 heterocycles. The van der Waals surface area contributed by atoms with Crippen molar-refractivity contribution in [1.29, 1.82) is 0 Å². The summed E-state index contributed by atoms with van der Waals surface area (Å²) in [6, 6.07) is 5.77. The summed E-state index contributed by atoms with van der Waals surface area (Å²) in [6.45, 7) is 4.64. The van der Waals surface area contributed by atoms with Crippen LogP contribution in [0.1, 0.15) is 12.5 Å². The number of nitrogens with one attached hydrogen (secondary N) is 1. The van der Waals surface area contributed by atoms with Crippen molar-refractivity contribution in [1.82, 2.24) is 0 Å². The molecule has 3 nitrogen and oxygen atoms in total. The van der Waals surface area contributed by atoms with Gasteiger partial charge in [0.1, 0.15) is 5.75 Å². The van der Waals surface area contributed by atoms with Crippen LogP contribution < -0.4 is 16.0 Å². The third kappa shape index (κ3) is 1.89. The van der Waals surface area contributed by atoms with Crippen molar-refractivity contribution in [2.75, 3.05) is 12.0 Å². The van der Waals surface area contributed by atoms with Gasteiger partial charge in [0.15, 0.2) is 0 Å². The zero-order valence-electron chi connectivity index (χ0n) is 7.42. The van der Waals surface area contributed by atoms with Crippen LogP contribution >= 0.6 is 0 Å². The molecule has 0 aliphatic carbocycles. The Morgan fingerprint density at radius 1 is 1.50 bits per heavy atom. The summed E-state index contributed by atoms with van der Waals surface area (Å²) in [5.74, 6) is 6.14. The fraction of sp³-hybridized carbons (Fsp3) is 0.333. The molecule has 0 spiro atoms. The Hall–Kier alpha value is -1.22. The van der Waals surface area contributed by atoms with E-state index in [0.717, 1.165) is 17.0 Å². The summed E-state index contributed by atoms with van der Waals surface area (Å²) >= 11 is 0. The third-order valence-corrected chi connectivity index (χ3v) is 1.65. The van der Waals surface area contributed by atoms with Crippen LogP contribution in [0.4, 0.5) is 5.69 Å². The van der Waals surface area contributed by atoms with Gasteiger partial charge in [-0.25, -0.2) is 0 Å². The Balaban J connectivity index is 2.91. The second-order valence-corrected chi connectivity index (χ2v) is 2.56. The molecule has 1 aromatic rings. The molecule has 0 amide bonds. The van der Waals surface area contributed by atoms with E-state index in [1.165, 1.54) is 0 Å². The first-order valence-electron chi connectivity index (χ1n) is 3.98. The molecule has 12 heavy (non-hydrogen) atoms. The summed E-state index contributed by atoms with van der Waals surface area (Å²) in [5, 5.41) is 0. The molecule has 0 aliphatic rings. The molecule has 3 N–H and O–H groups in total. The number of rotatable bonds is 3. The van der Waals surface area contributed by atoms with Crippen molar-refractivity contribution in [2.45, 2.75) is 13.8 Å². The number of hydrazine groups is 1. The van der Waals surface area contributed by atoms with Crippen LogP contribution in [-0.2, 0) is 0 Å². The highest BCUT2D eigenvalue weighted by molar-refractivity contribution is 5.50. The van der Waals surface area contributed by atoms with Crippen LogP contribution in [-0.4, -0.2) is 6.61 Å². The van der Waals surface area contributed by atoms with Gasteiger partial charge < -0.3 is 10.2 Å². The summed E-state index contributed by atoms with van der Waals surface area (Å²) in [6.07, 6.45) is 0. The van der Waals surface area contributed by atoms with Gasteiger partial charge in [0.25, 0.3) is 0 Å². The van der Waals surface area contributed by atoms with E-state index in [0.29, 0.717) is 6.61 Å². The van der Waals surface area contributed by atoms with E-state index in [1.54, 1.807) is 0 Å². The van der Waals surface area contributed by atoms with Gasteiger partial charge in [-0.3, -0.25) is 5.84 Å².